The Hall–Kier alpha value is -2.68. The zero-order chi connectivity index (χ0) is 20.2. The molecule has 0 aliphatic carbocycles. The molecule has 4 amide bonds. The molecule has 0 unspecified atom stereocenters. The van der Waals surface area contributed by atoms with Gasteiger partial charge in [-0.2, -0.15) is 0 Å². The molecule has 0 radical (unpaired) electrons. The number of hydrogen-bond donors (Lipinski definition) is 2. The molecule has 2 fully saturated rings. The van der Waals surface area contributed by atoms with Crippen molar-refractivity contribution in [1.82, 2.24) is 15.1 Å². The van der Waals surface area contributed by atoms with Crippen molar-refractivity contribution in [3.8, 4) is 0 Å². The normalized spacial score (nSPS) is 23.0. The summed E-state index contributed by atoms with van der Waals surface area (Å²) in [5.41, 5.74) is 1.46. The van der Waals surface area contributed by atoms with E-state index in [0.29, 0.717) is 5.11 Å². The minimum atomic E-state index is -1.27. The molecular weight excluding hydrogens is 378 g/mol. The van der Waals surface area contributed by atoms with Crippen LogP contribution in [0.4, 0.5) is 16.2 Å². The molecule has 1 aromatic carbocycles. The Morgan fingerprint density at radius 1 is 1.18 bits per heavy atom. The third kappa shape index (κ3) is 2.42. The fourth-order valence-corrected chi connectivity index (χ4v) is 4.91. The SMILES string of the molecule is CNC(=S)Nc1ccc2c(c1)CC1(C(=O)N(C)C(=O)N(C)C1=O)[C@@H]1CCCN21. The van der Waals surface area contributed by atoms with Crippen molar-refractivity contribution < 1.29 is 14.4 Å². The quantitative estimate of drug-likeness (QED) is 0.540. The van der Waals surface area contributed by atoms with E-state index in [9.17, 15) is 14.4 Å². The summed E-state index contributed by atoms with van der Waals surface area (Å²) in [6.07, 6.45) is 1.92. The molecule has 0 saturated carbocycles. The monoisotopic (exact) mass is 401 g/mol. The number of urea groups is 1. The predicted octanol–water partition coefficient (Wildman–Crippen LogP) is 1.16. The van der Waals surface area contributed by atoms with Crippen molar-refractivity contribution >= 4 is 46.6 Å². The number of carbonyl (C=O) groups excluding carboxylic acids is 3. The Morgan fingerprint density at radius 2 is 1.86 bits per heavy atom. The lowest BCUT2D eigenvalue weighted by Crippen LogP contribution is -2.70. The van der Waals surface area contributed by atoms with Crippen LogP contribution in [0.15, 0.2) is 18.2 Å². The second kappa shape index (κ2) is 6.44. The zero-order valence-electron chi connectivity index (χ0n) is 16.1. The van der Waals surface area contributed by atoms with Gasteiger partial charge in [0.2, 0.25) is 11.8 Å². The van der Waals surface area contributed by atoms with Gasteiger partial charge < -0.3 is 15.5 Å². The van der Waals surface area contributed by atoms with Crippen LogP contribution < -0.4 is 15.5 Å². The highest BCUT2D eigenvalue weighted by molar-refractivity contribution is 7.80. The largest absolute Gasteiger partial charge is 0.367 e. The molecule has 3 aliphatic rings. The standard InChI is InChI=1S/C19H23N5O3S/c1-20-17(28)21-12-6-7-13-11(9-12)10-19(14-5-4-8-24(13)14)15(25)22(2)18(27)23(3)16(19)26/h6-7,9,14H,4-5,8,10H2,1-3H3,(H2,20,21,28)/t14-/m0/s1. The van der Waals surface area contributed by atoms with Crippen molar-refractivity contribution in [3.05, 3.63) is 23.8 Å². The summed E-state index contributed by atoms with van der Waals surface area (Å²) in [6.45, 7) is 0.781. The summed E-state index contributed by atoms with van der Waals surface area (Å²) in [7, 11) is 4.64. The van der Waals surface area contributed by atoms with Crippen molar-refractivity contribution in [3.63, 3.8) is 0 Å². The van der Waals surface area contributed by atoms with Crippen LogP contribution >= 0.6 is 12.2 Å². The molecule has 3 heterocycles. The number of carbonyl (C=O) groups is 3. The van der Waals surface area contributed by atoms with Gasteiger partial charge in [0.15, 0.2) is 10.5 Å². The maximum Gasteiger partial charge on any atom is 0.332 e. The van der Waals surface area contributed by atoms with E-state index in [2.05, 4.69) is 15.5 Å². The number of thiocarbonyl (C=S) groups is 1. The summed E-state index contributed by atoms with van der Waals surface area (Å²) in [5.74, 6) is -0.820. The van der Waals surface area contributed by atoms with Gasteiger partial charge in [-0.1, -0.05) is 0 Å². The van der Waals surface area contributed by atoms with Crippen LogP contribution in [0.2, 0.25) is 0 Å². The number of imide groups is 2. The first-order chi connectivity index (χ1) is 13.3. The maximum atomic E-state index is 13.3. The summed E-state index contributed by atoms with van der Waals surface area (Å²) >= 11 is 5.17. The number of amides is 4. The molecule has 1 atom stereocenters. The first-order valence-electron chi connectivity index (χ1n) is 9.30. The number of benzene rings is 1. The van der Waals surface area contributed by atoms with E-state index in [-0.39, 0.29) is 12.5 Å². The Morgan fingerprint density at radius 3 is 2.50 bits per heavy atom. The van der Waals surface area contributed by atoms with Gasteiger partial charge in [-0.15, -0.1) is 0 Å². The van der Waals surface area contributed by atoms with Gasteiger partial charge in [0.1, 0.15) is 0 Å². The van der Waals surface area contributed by atoms with Crippen LogP contribution in [0.25, 0.3) is 0 Å². The van der Waals surface area contributed by atoms with Crippen LogP contribution in [0.5, 0.6) is 0 Å². The minimum Gasteiger partial charge on any atom is -0.367 e. The highest BCUT2D eigenvalue weighted by Crippen LogP contribution is 2.49. The molecule has 4 rings (SSSR count). The van der Waals surface area contributed by atoms with E-state index in [0.717, 1.165) is 46.1 Å². The molecule has 1 spiro atoms. The Labute approximate surface area is 168 Å². The average Bonchev–Trinajstić information content (AvgIpc) is 3.19. The third-order valence-electron chi connectivity index (χ3n) is 6.11. The van der Waals surface area contributed by atoms with Crippen molar-refractivity contribution in [1.29, 1.82) is 0 Å². The average molecular weight is 401 g/mol. The van der Waals surface area contributed by atoms with E-state index >= 15 is 0 Å². The van der Waals surface area contributed by atoms with Crippen molar-refractivity contribution in [2.24, 2.45) is 5.41 Å². The van der Waals surface area contributed by atoms with Crippen LogP contribution in [0, 0.1) is 5.41 Å². The van der Waals surface area contributed by atoms with E-state index in [1.165, 1.54) is 14.1 Å². The second-order valence-electron chi connectivity index (χ2n) is 7.56. The lowest BCUT2D eigenvalue weighted by atomic mass is 9.68. The van der Waals surface area contributed by atoms with Gasteiger partial charge in [0.05, 0.1) is 6.04 Å². The number of anilines is 2. The van der Waals surface area contributed by atoms with Crippen LogP contribution in [0.3, 0.4) is 0 Å². The van der Waals surface area contributed by atoms with Gasteiger partial charge in [0, 0.05) is 39.1 Å². The van der Waals surface area contributed by atoms with Gasteiger partial charge in [0.25, 0.3) is 0 Å². The number of nitrogens with zero attached hydrogens (tertiary/aromatic N) is 3. The van der Waals surface area contributed by atoms with E-state index in [4.69, 9.17) is 12.2 Å². The highest BCUT2D eigenvalue weighted by atomic mass is 32.1. The Bertz CT molecular complexity index is 878. The van der Waals surface area contributed by atoms with E-state index < -0.39 is 23.3 Å². The molecule has 148 valence electrons. The van der Waals surface area contributed by atoms with Crippen LogP contribution in [-0.2, 0) is 16.0 Å². The molecule has 0 bridgehead atoms. The molecule has 8 nitrogen and oxygen atoms in total. The topological polar surface area (TPSA) is 85.0 Å². The molecule has 1 aromatic rings. The molecule has 0 aromatic heterocycles. The summed E-state index contributed by atoms with van der Waals surface area (Å²) in [4.78, 5) is 43.2. The highest BCUT2D eigenvalue weighted by Gasteiger charge is 2.63. The van der Waals surface area contributed by atoms with Crippen molar-refractivity contribution in [2.45, 2.75) is 25.3 Å². The Balaban J connectivity index is 1.82. The lowest BCUT2D eigenvalue weighted by molar-refractivity contribution is -0.159. The fraction of sp³-hybridized carbons (Fsp3) is 0.474. The van der Waals surface area contributed by atoms with Gasteiger partial charge in [-0.25, -0.2) is 4.79 Å². The number of barbiturate groups is 1. The Kier molecular flexibility index (Phi) is 4.29. The molecule has 28 heavy (non-hydrogen) atoms. The van der Waals surface area contributed by atoms with Gasteiger partial charge in [-0.3, -0.25) is 19.4 Å². The minimum absolute atomic E-state index is 0.241. The zero-order valence-corrected chi connectivity index (χ0v) is 16.9. The summed E-state index contributed by atoms with van der Waals surface area (Å²) in [5, 5.41) is 6.45. The second-order valence-corrected chi connectivity index (χ2v) is 7.97. The van der Waals surface area contributed by atoms with Crippen molar-refractivity contribution in [2.75, 3.05) is 37.9 Å². The molecule has 3 aliphatic heterocycles. The third-order valence-corrected chi connectivity index (χ3v) is 6.42. The first-order valence-corrected chi connectivity index (χ1v) is 9.70. The van der Waals surface area contributed by atoms with Crippen LogP contribution in [-0.4, -0.2) is 66.5 Å². The van der Waals surface area contributed by atoms with Gasteiger partial charge >= 0.3 is 6.03 Å². The molecule has 2 saturated heterocycles. The number of fused-ring (bicyclic) bond motifs is 4. The summed E-state index contributed by atoms with van der Waals surface area (Å²) in [6, 6.07) is 5.08. The lowest BCUT2D eigenvalue weighted by Gasteiger charge is -2.50. The molecular formula is C19H23N5O3S. The first kappa shape index (κ1) is 18.7. The van der Waals surface area contributed by atoms with Crippen LogP contribution in [0.1, 0.15) is 18.4 Å². The van der Waals surface area contributed by atoms with E-state index in [1.54, 1.807) is 7.05 Å². The number of hydrogen-bond acceptors (Lipinski definition) is 5. The number of rotatable bonds is 1. The molecule has 2 N–H and O–H groups in total. The molecule has 9 heteroatoms. The van der Waals surface area contributed by atoms with Gasteiger partial charge in [-0.05, 0) is 55.2 Å². The fourth-order valence-electron chi connectivity index (χ4n) is 4.79. The summed E-state index contributed by atoms with van der Waals surface area (Å²) < 4.78 is 0. The van der Waals surface area contributed by atoms with E-state index in [1.807, 2.05) is 18.2 Å². The maximum absolute atomic E-state index is 13.3. The predicted molar refractivity (Wildman–Crippen MR) is 109 cm³/mol. The smallest absolute Gasteiger partial charge is 0.332 e. The number of nitrogens with one attached hydrogen (secondary N) is 2.